The van der Waals surface area contributed by atoms with Gasteiger partial charge in [0.1, 0.15) is 0 Å². The number of hydrogen-bond acceptors (Lipinski definition) is 0. The molecule has 9 heavy (non-hydrogen) atoms. The molecule has 0 bridgehead atoms. The van der Waals surface area contributed by atoms with Crippen molar-refractivity contribution >= 4 is 0 Å². The fourth-order valence-electron chi connectivity index (χ4n) is 0. The van der Waals surface area contributed by atoms with Gasteiger partial charge < -0.3 is 6.42 Å². The Hall–Kier alpha value is 5.52. The van der Waals surface area contributed by atoms with E-state index in [0.29, 0.717) is 0 Å². The molecule has 0 aromatic heterocycles. The minimum absolute atomic E-state index is 0. The molecule has 41 valence electrons. The van der Waals surface area contributed by atoms with Crippen LogP contribution in [0, 0.1) is 6.42 Å². The quantitative estimate of drug-likeness (QED) is 0.479. The zero-order valence-corrected chi connectivity index (χ0v) is 20.4. The van der Waals surface area contributed by atoms with Crippen molar-refractivity contribution in [2.75, 3.05) is 0 Å². The van der Waals surface area contributed by atoms with Crippen molar-refractivity contribution < 1.29 is 164 Å². The van der Waals surface area contributed by atoms with Gasteiger partial charge in [0.2, 0.25) is 0 Å². The predicted molar refractivity (Wildman–Crippen MR) is 20.3 cm³/mol. The predicted octanol–water partition coefficient (Wildman–Crippen LogP) is 1.61. The first-order valence-electron chi connectivity index (χ1n) is 1.69. The number of unbranched alkanes of at least 4 members (excludes halogenated alkanes) is 1. The van der Waals surface area contributed by atoms with Gasteiger partial charge in [0, 0.05) is 164 Å². The molecule has 5 heteroatoms. The second-order valence-corrected chi connectivity index (χ2v) is 0.816. The Morgan fingerprint density at radius 3 is 1.00 bits per heavy atom. The van der Waals surface area contributed by atoms with Gasteiger partial charge in [-0.1, -0.05) is 6.92 Å². The van der Waals surface area contributed by atoms with Crippen LogP contribution in [0.25, 0.3) is 0 Å². The first-order chi connectivity index (χ1) is 1.91. The van der Waals surface area contributed by atoms with E-state index in [4.69, 9.17) is 0 Å². The Morgan fingerprint density at radius 1 is 0.889 bits per heavy atom. The third-order valence-electron chi connectivity index (χ3n) is 0.408. The van der Waals surface area contributed by atoms with Crippen LogP contribution >= 0.6 is 0 Å². The van der Waals surface area contributed by atoms with Crippen LogP contribution in [0.4, 0.5) is 0 Å². The van der Waals surface area contributed by atoms with E-state index in [2.05, 4.69) is 20.3 Å². The first-order valence-corrected chi connectivity index (χ1v) is 1.69. The smallest absolute Gasteiger partial charge is 0 e. The summed E-state index contributed by atoms with van der Waals surface area (Å²) in [7, 11) is 0. The topological polar surface area (TPSA) is 0 Å². The summed E-state index contributed by atoms with van der Waals surface area (Å²) in [6, 6.07) is 0. The molecule has 0 atom stereocenters. The second kappa shape index (κ2) is 37.5. The zero-order chi connectivity index (χ0) is 3.41. The van der Waals surface area contributed by atoms with E-state index in [-0.39, 0.29) is 164 Å². The van der Waals surface area contributed by atoms with Crippen molar-refractivity contribution in [3.63, 3.8) is 0 Å². The molecule has 0 saturated carbocycles. The Kier molecular flexibility index (Phi) is 152. The van der Waals surface area contributed by atoms with Crippen LogP contribution in [0.2, 0.25) is 0 Å². The fourth-order valence-corrected chi connectivity index (χ4v) is 0. The minimum Gasteiger partial charge on any atom is -0.332 e. The van der Waals surface area contributed by atoms with Gasteiger partial charge in [-0.25, -0.2) is 0 Å². The van der Waals surface area contributed by atoms with Gasteiger partial charge in [0.05, 0.1) is 0 Å². The van der Waals surface area contributed by atoms with Crippen LogP contribution in [0.15, 0.2) is 0 Å². The Morgan fingerprint density at radius 2 is 1.00 bits per heavy atom. The standard InChI is InChI=1S/C4H9.5Y/c1-3-4-2;;;;;/h3H,4H2,1-2H3;;;;;/q-1;;;;;. The van der Waals surface area contributed by atoms with Crippen molar-refractivity contribution in [3.05, 3.63) is 6.42 Å². The normalized spacial score (nSPS) is 3.33. The summed E-state index contributed by atoms with van der Waals surface area (Å²) in [6.07, 6.45) is 3.32. The van der Waals surface area contributed by atoms with E-state index < -0.39 is 0 Å². The summed E-state index contributed by atoms with van der Waals surface area (Å²) < 4.78 is 0. The summed E-state index contributed by atoms with van der Waals surface area (Å²) in [5.41, 5.74) is 0. The third-order valence-corrected chi connectivity index (χ3v) is 0.408. The maximum atomic E-state index is 2.12. The number of rotatable bonds is 1. The molecule has 0 fully saturated rings. The fraction of sp³-hybridized carbons (Fsp3) is 0.750. The average molecular weight is 502 g/mol. The molecule has 0 nitrogen and oxygen atoms in total. The van der Waals surface area contributed by atoms with Gasteiger partial charge in [0.25, 0.3) is 0 Å². The third kappa shape index (κ3) is 42.2. The monoisotopic (exact) mass is 502 g/mol. The molecule has 0 N–H and O–H groups in total. The van der Waals surface area contributed by atoms with Gasteiger partial charge in [-0.2, -0.15) is 13.3 Å². The molecule has 0 aliphatic heterocycles. The van der Waals surface area contributed by atoms with Crippen LogP contribution in [-0.2, 0) is 164 Å². The van der Waals surface area contributed by atoms with E-state index in [1.54, 1.807) is 0 Å². The molecule has 0 aromatic rings. The molecule has 0 rings (SSSR count). The van der Waals surface area contributed by atoms with Gasteiger partial charge in [-0.3, -0.25) is 0 Å². The van der Waals surface area contributed by atoms with E-state index >= 15 is 0 Å². The van der Waals surface area contributed by atoms with Crippen LogP contribution in [0.3, 0.4) is 0 Å². The maximum absolute atomic E-state index is 2.12. The van der Waals surface area contributed by atoms with E-state index in [1.165, 1.54) is 6.42 Å². The van der Waals surface area contributed by atoms with Gasteiger partial charge in [-0.05, 0) is 0 Å². The van der Waals surface area contributed by atoms with Crippen molar-refractivity contribution in [1.29, 1.82) is 0 Å². The molecular weight excluding hydrogens is 493 g/mol. The first kappa shape index (κ1) is 36.6. The molecule has 0 saturated heterocycles. The molecule has 0 aliphatic carbocycles. The average Bonchev–Trinajstić information content (AvgIpc) is 1.37. The summed E-state index contributed by atoms with van der Waals surface area (Å²) in [4.78, 5) is 0. The SMILES string of the molecule is C[CH-]CC.[Y].[Y].[Y].[Y].[Y]. The molecular formula is C4H9Y5-. The van der Waals surface area contributed by atoms with E-state index in [9.17, 15) is 0 Å². The summed E-state index contributed by atoms with van der Waals surface area (Å²) >= 11 is 0. The molecule has 0 aliphatic rings. The van der Waals surface area contributed by atoms with Gasteiger partial charge >= 0.3 is 0 Å². The van der Waals surface area contributed by atoms with Gasteiger partial charge in [-0.15, -0.1) is 0 Å². The summed E-state index contributed by atoms with van der Waals surface area (Å²) in [6.45, 7) is 4.18. The van der Waals surface area contributed by atoms with Crippen LogP contribution in [0.1, 0.15) is 20.3 Å². The second-order valence-electron chi connectivity index (χ2n) is 0.816. The minimum atomic E-state index is 0. The molecule has 0 amide bonds. The molecule has 0 heterocycles. The van der Waals surface area contributed by atoms with Crippen molar-refractivity contribution in [2.24, 2.45) is 0 Å². The van der Waals surface area contributed by atoms with Crippen molar-refractivity contribution in [2.45, 2.75) is 20.3 Å². The van der Waals surface area contributed by atoms with Crippen LogP contribution < -0.4 is 0 Å². The Bertz CT molecular complexity index is 10.9. The molecule has 0 unspecified atom stereocenters. The van der Waals surface area contributed by atoms with E-state index in [0.717, 1.165) is 0 Å². The van der Waals surface area contributed by atoms with Crippen LogP contribution in [-0.4, -0.2) is 0 Å². The van der Waals surface area contributed by atoms with Gasteiger partial charge in [0.15, 0.2) is 0 Å². The zero-order valence-electron chi connectivity index (χ0n) is 6.17. The Labute approximate surface area is 185 Å². The maximum Gasteiger partial charge on any atom is 0 e. The van der Waals surface area contributed by atoms with Crippen LogP contribution in [0.5, 0.6) is 0 Å². The Balaban J connectivity index is -0.00000000450. The largest absolute Gasteiger partial charge is 0.332 e. The van der Waals surface area contributed by atoms with E-state index in [1.807, 2.05) is 0 Å². The molecule has 0 spiro atoms. The molecule has 0 aromatic carbocycles. The summed E-state index contributed by atoms with van der Waals surface area (Å²) in [5, 5.41) is 0. The summed E-state index contributed by atoms with van der Waals surface area (Å²) in [5.74, 6) is 0. The number of hydrogen-bond donors (Lipinski definition) is 0. The molecule has 5 radical (unpaired) electrons. The van der Waals surface area contributed by atoms with Crippen molar-refractivity contribution in [1.82, 2.24) is 0 Å². The van der Waals surface area contributed by atoms with Crippen molar-refractivity contribution in [3.8, 4) is 0 Å².